The largest absolute Gasteiger partial charge is 0.492 e. The number of hydrogen-bond donors (Lipinski definition) is 1. The van der Waals surface area contributed by atoms with Gasteiger partial charge in [0.1, 0.15) is 11.6 Å². The van der Waals surface area contributed by atoms with Crippen molar-refractivity contribution >= 4 is 28.5 Å². The zero-order valence-corrected chi connectivity index (χ0v) is 20.8. The van der Waals surface area contributed by atoms with Gasteiger partial charge < -0.3 is 14.8 Å². The van der Waals surface area contributed by atoms with Crippen molar-refractivity contribution in [2.45, 2.75) is 32.7 Å². The van der Waals surface area contributed by atoms with Crippen LogP contribution in [0.3, 0.4) is 0 Å². The van der Waals surface area contributed by atoms with Crippen LogP contribution in [-0.2, 0) is 16.0 Å². The van der Waals surface area contributed by atoms with Crippen molar-refractivity contribution in [3.63, 3.8) is 0 Å². The molecule has 3 aromatic rings. The third-order valence-electron chi connectivity index (χ3n) is 5.71. The molecule has 7 nitrogen and oxygen atoms in total. The number of fused-ring (bicyclic) bond motifs is 1. The SMILES string of the molecule is CC(C)NC(=O)Cc1cc2cc(OCCCN3CCOCC3)cnc2nc1-c1ccc(F)c(Cl)c1. The van der Waals surface area contributed by atoms with Crippen LogP contribution in [0.4, 0.5) is 4.39 Å². The fourth-order valence-electron chi connectivity index (χ4n) is 4.04. The molecule has 1 amide bonds. The number of pyridine rings is 2. The Labute approximate surface area is 209 Å². The first-order valence-corrected chi connectivity index (χ1v) is 12.2. The summed E-state index contributed by atoms with van der Waals surface area (Å²) in [5.41, 5.74) is 2.37. The second-order valence-corrected chi connectivity index (χ2v) is 9.30. The summed E-state index contributed by atoms with van der Waals surface area (Å²) in [6.07, 6.45) is 2.67. The molecule has 2 aromatic heterocycles. The van der Waals surface area contributed by atoms with Crippen molar-refractivity contribution in [3.8, 4) is 17.0 Å². The zero-order valence-electron chi connectivity index (χ0n) is 20.0. The van der Waals surface area contributed by atoms with E-state index in [-0.39, 0.29) is 23.4 Å². The highest BCUT2D eigenvalue weighted by molar-refractivity contribution is 6.31. The topological polar surface area (TPSA) is 76.6 Å². The molecule has 4 rings (SSSR count). The Kier molecular flexibility index (Phi) is 8.49. The monoisotopic (exact) mass is 500 g/mol. The fourth-order valence-corrected chi connectivity index (χ4v) is 4.22. The first-order chi connectivity index (χ1) is 16.9. The van der Waals surface area contributed by atoms with Gasteiger partial charge in [0.15, 0.2) is 5.65 Å². The maximum absolute atomic E-state index is 13.7. The van der Waals surface area contributed by atoms with Crippen molar-refractivity contribution in [2.75, 3.05) is 39.5 Å². The number of carbonyl (C=O) groups excluding carboxylic acids is 1. The van der Waals surface area contributed by atoms with E-state index in [9.17, 15) is 9.18 Å². The molecule has 0 aliphatic carbocycles. The van der Waals surface area contributed by atoms with Gasteiger partial charge in [-0.1, -0.05) is 11.6 Å². The summed E-state index contributed by atoms with van der Waals surface area (Å²) in [4.78, 5) is 24.1. The van der Waals surface area contributed by atoms with E-state index in [2.05, 4.69) is 15.2 Å². The van der Waals surface area contributed by atoms with E-state index in [1.807, 2.05) is 26.0 Å². The van der Waals surface area contributed by atoms with Crippen LogP contribution in [0, 0.1) is 5.82 Å². The lowest BCUT2D eigenvalue weighted by Crippen LogP contribution is -2.37. The number of rotatable bonds is 9. The molecule has 0 saturated carbocycles. The van der Waals surface area contributed by atoms with Gasteiger partial charge in [-0.3, -0.25) is 9.69 Å². The summed E-state index contributed by atoms with van der Waals surface area (Å²) in [7, 11) is 0. The molecular weight excluding hydrogens is 471 g/mol. The lowest BCUT2D eigenvalue weighted by atomic mass is 10.0. The molecule has 1 aliphatic heterocycles. The first-order valence-electron chi connectivity index (χ1n) is 11.9. The number of amides is 1. The van der Waals surface area contributed by atoms with Crippen molar-refractivity contribution in [3.05, 3.63) is 52.9 Å². The molecule has 35 heavy (non-hydrogen) atoms. The van der Waals surface area contributed by atoms with Gasteiger partial charge in [0.25, 0.3) is 0 Å². The van der Waals surface area contributed by atoms with Gasteiger partial charge in [-0.2, -0.15) is 0 Å². The molecule has 0 unspecified atom stereocenters. The van der Waals surface area contributed by atoms with Gasteiger partial charge in [0.05, 0.1) is 43.2 Å². The maximum Gasteiger partial charge on any atom is 0.224 e. The Hall–Kier alpha value is -2.81. The Morgan fingerprint density at radius 1 is 1.26 bits per heavy atom. The van der Waals surface area contributed by atoms with Crippen LogP contribution in [0.5, 0.6) is 5.75 Å². The molecule has 0 bridgehead atoms. The second kappa shape index (κ2) is 11.7. The highest BCUT2D eigenvalue weighted by atomic mass is 35.5. The molecule has 1 saturated heterocycles. The van der Waals surface area contributed by atoms with Crippen LogP contribution in [-0.4, -0.2) is 66.3 Å². The van der Waals surface area contributed by atoms with Crippen LogP contribution in [0.1, 0.15) is 25.8 Å². The van der Waals surface area contributed by atoms with Crippen LogP contribution in [0.2, 0.25) is 5.02 Å². The molecule has 0 radical (unpaired) electrons. The Balaban J connectivity index is 1.55. The van der Waals surface area contributed by atoms with E-state index in [0.717, 1.165) is 44.7 Å². The Bertz CT molecular complexity index is 1180. The summed E-state index contributed by atoms with van der Waals surface area (Å²) in [5, 5.41) is 3.67. The minimum absolute atomic E-state index is 0.00392. The number of aromatic nitrogens is 2. The number of halogens is 2. The van der Waals surface area contributed by atoms with Crippen molar-refractivity contribution in [1.82, 2.24) is 20.2 Å². The molecule has 1 fully saturated rings. The molecular formula is C26H30ClFN4O3. The number of nitrogens with one attached hydrogen (secondary N) is 1. The van der Waals surface area contributed by atoms with Crippen molar-refractivity contribution in [1.29, 1.82) is 0 Å². The molecule has 0 spiro atoms. The summed E-state index contributed by atoms with van der Waals surface area (Å²) < 4.78 is 25.1. The van der Waals surface area contributed by atoms with Crippen molar-refractivity contribution in [2.24, 2.45) is 0 Å². The van der Waals surface area contributed by atoms with Gasteiger partial charge in [0, 0.05) is 36.6 Å². The number of hydrogen-bond acceptors (Lipinski definition) is 6. The third-order valence-corrected chi connectivity index (χ3v) is 6.00. The third kappa shape index (κ3) is 6.87. The predicted molar refractivity (Wildman–Crippen MR) is 134 cm³/mol. The van der Waals surface area contributed by atoms with Gasteiger partial charge in [-0.15, -0.1) is 0 Å². The van der Waals surface area contributed by atoms with E-state index in [1.54, 1.807) is 12.3 Å². The smallest absolute Gasteiger partial charge is 0.224 e. The molecule has 9 heteroatoms. The van der Waals surface area contributed by atoms with E-state index < -0.39 is 5.82 Å². The minimum Gasteiger partial charge on any atom is -0.492 e. The standard InChI is InChI=1S/C26H30ClFN4O3/c1-17(2)30-24(33)15-19-12-20-13-21(35-9-3-6-32-7-10-34-11-8-32)16-29-26(20)31-25(19)18-4-5-23(28)22(27)14-18/h4-5,12-14,16-17H,3,6-11,15H2,1-2H3,(H,30,33). The first kappa shape index (κ1) is 25.3. The fraction of sp³-hybridized carbons (Fsp3) is 0.423. The van der Waals surface area contributed by atoms with E-state index >= 15 is 0 Å². The second-order valence-electron chi connectivity index (χ2n) is 8.90. The number of ether oxygens (including phenoxy) is 2. The van der Waals surface area contributed by atoms with Crippen LogP contribution in [0.15, 0.2) is 36.5 Å². The van der Waals surface area contributed by atoms with Gasteiger partial charge in [0.2, 0.25) is 5.91 Å². The molecule has 1 aromatic carbocycles. The predicted octanol–water partition coefficient (Wildman–Crippen LogP) is 4.26. The highest BCUT2D eigenvalue weighted by Gasteiger charge is 2.16. The Morgan fingerprint density at radius 2 is 2.06 bits per heavy atom. The van der Waals surface area contributed by atoms with Crippen molar-refractivity contribution < 1.29 is 18.7 Å². The quantitative estimate of drug-likeness (QED) is 0.442. The van der Waals surface area contributed by atoms with Crippen LogP contribution < -0.4 is 10.1 Å². The average Bonchev–Trinajstić information content (AvgIpc) is 2.83. The lowest BCUT2D eigenvalue weighted by molar-refractivity contribution is -0.120. The summed E-state index contributed by atoms with van der Waals surface area (Å²) in [5.74, 6) is 0.0133. The molecule has 1 N–H and O–H groups in total. The number of nitrogens with zero attached hydrogens (tertiary/aromatic N) is 3. The summed E-state index contributed by atoms with van der Waals surface area (Å²) in [6.45, 7) is 8.83. The normalized spacial score (nSPS) is 14.4. The average molecular weight is 501 g/mol. The van der Waals surface area contributed by atoms with Gasteiger partial charge in [-0.25, -0.2) is 14.4 Å². The molecule has 186 valence electrons. The summed E-state index contributed by atoms with van der Waals surface area (Å²) >= 11 is 6.02. The maximum atomic E-state index is 13.7. The lowest BCUT2D eigenvalue weighted by Gasteiger charge is -2.26. The zero-order chi connectivity index (χ0) is 24.8. The highest BCUT2D eigenvalue weighted by Crippen LogP contribution is 2.30. The van der Waals surface area contributed by atoms with E-state index in [1.165, 1.54) is 12.1 Å². The Morgan fingerprint density at radius 3 is 2.80 bits per heavy atom. The van der Waals surface area contributed by atoms with Crippen LogP contribution >= 0.6 is 11.6 Å². The number of carbonyl (C=O) groups is 1. The minimum atomic E-state index is -0.510. The van der Waals surface area contributed by atoms with Crippen LogP contribution in [0.25, 0.3) is 22.3 Å². The summed E-state index contributed by atoms with van der Waals surface area (Å²) in [6, 6.07) is 8.20. The van der Waals surface area contributed by atoms with Gasteiger partial charge in [-0.05, 0) is 56.2 Å². The number of morpholine rings is 1. The van der Waals surface area contributed by atoms with E-state index in [0.29, 0.717) is 34.8 Å². The molecule has 0 atom stereocenters. The van der Waals surface area contributed by atoms with E-state index in [4.69, 9.17) is 26.1 Å². The molecule has 1 aliphatic rings. The van der Waals surface area contributed by atoms with Gasteiger partial charge >= 0.3 is 0 Å². The number of benzene rings is 1. The molecule has 3 heterocycles.